The summed E-state index contributed by atoms with van der Waals surface area (Å²) in [6.45, 7) is 3.20. The first kappa shape index (κ1) is 14.0. The Morgan fingerprint density at radius 1 is 1.25 bits per heavy atom. The number of nitrogens with one attached hydrogen (secondary N) is 1. The normalized spacial score (nSPS) is 22.0. The molecule has 1 spiro atoms. The van der Waals surface area contributed by atoms with Crippen LogP contribution in [0.1, 0.15) is 32.1 Å². The molecule has 3 rings (SSSR count). The first-order chi connectivity index (χ1) is 9.75. The molecule has 1 aliphatic carbocycles. The molecule has 1 aromatic carbocycles. The molecule has 1 aliphatic heterocycles. The van der Waals surface area contributed by atoms with Gasteiger partial charge in [0.1, 0.15) is 5.75 Å². The Kier molecular flexibility index (Phi) is 4.08. The minimum Gasteiger partial charge on any atom is -0.495 e. The van der Waals surface area contributed by atoms with Crippen LogP contribution in [0.3, 0.4) is 0 Å². The molecule has 0 radical (unpaired) electrons. The second-order valence-corrected chi connectivity index (χ2v) is 6.34. The molecule has 1 heterocycles. The first-order valence-corrected chi connectivity index (χ1v) is 7.95. The van der Waals surface area contributed by atoms with Crippen molar-refractivity contribution < 1.29 is 4.74 Å². The van der Waals surface area contributed by atoms with Crippen LogP contribution < -0.4 is 15.0 Å². The third-order valence-corrected chi connectivity index (χ3v) is 5.07. The summed E-state index contributed by atoms with van der Waals surface area (Å²) in [5.74, 6) is 0.753. The number of rotatable bonds is 2. The third kappa shape index (κ3) is 2.49. The maximum atomic E-state index is 6.31. The topological polar surface area (TPSA) is 24.5 Å². The van der Waals surface area contributed by atoms with Crippen molar-refractivity contribution in [3.05, 3.63) is 23.2 Å². The lowest BCUT2D eigenvalue weighted by molar-refractivity contribution is 0.241. The Bertz CT molecular complexity index is 463. The third-order valence-electron chi connectivity index (χ3n) is 4.77. The highest BCUT2D eigenvalue weighted by atomic mass is 35.5. The van der Waals surface area contributed by atoms with Gasteiger partial charge in [0.05, 0.1) is 17.7 Å². The monoisotopic (exact) mass is 294 g/mol. The summed E-state index contributed by atoms with van der Waals surface area (Å²) in [6, 6.07) is 6.19. The standard InChI is InChI=1S/C16H23ClN2O/c1-20-15-6-5-13(11-14(15)17)19-10-9-18-12-16(19)7-3-2-4-8-16/h5-6,11,18H,2-4,7-10,12H2,1H3. The van der Waals surface area contributed by atoms with E-state index in [1.54, 1.807) is 7.11 Å². The summed E-state index contributed by atoms with van der Waals surface area (Å²) in [6.07, 6.45) is 6.61. The Hall–Kier alpha value is -0.930. The number of hydrogen-bond acceptors (Lipinski definition) is 3. The molecule has 0 bridgehead atoms. The summed E-state index contributed by atoms with van der Waals surface area (Å²) >= 11 is 6.31. The van der Waals surface area contributed by atoms with Crippen molar-refractivity contribution in [3.8, 4) is 5.75 Å². The molecule has 1 aromatic rings. The molecule has 4 heteroatoms. The van der Waals surface area contributed by atoms with Gasteiger partial charge in [-0.05, 0) is 31.0 Å². The highest BCUT2D eigenvalue weighted by molar-refractivity contribution is 6.32. The van der Waals surface area contributed by atoms with Crippen LogP contribution in [0.25, 0.3) is 0 Å². The average Bonchev–Trinajstić information content (AvgIpc) is 2.48. The fourth-order valence-electron chi connectivity index (χ4n) is 3.73. The van der Waals surface area contributed by atoms with E-state index in [1.807, 2.05) is 6.07 Å². The highest BCUT2D eigenvalue weighted by Gasteiger charge is 2.39. The summed E-state index contributed by atoms with van der Waals surface area (Å²) in [7, 11) is 1.66. The number of methoxy groups -OCH3 is 1. The largest absolute Gasteiger partial charge is 0.495 e. The van der Waals surface area contributed by atoms with Crippen molar-refractivity contribution in [1.29, 1.82) is 0 Å². The van der Waals surface area contributed by atoms with Crippen molar-refractivity contribution in [3.63, 3.8) is 0 Å². The number of nitrogens with zero attached hydrogens (tertiary/aromatic N) is 1. The van der Waals surface area contributed by atoms with Crippen LogP contribution in [-0.2, 0) is 0 Å². The van der Waals surface area contributed by atoms with Crippen LogP contribution in [0, 0.1) is 0 Å². The van der Waals surface area contributed by atoms with Crippen LogP contribution in [-0.4, -0.2) is 32.3 Å². The predicted octanol–water partition coefficient (Wildman–Crippen LogP) is 3.46. The lowest BCUT2D eigenvalue weighted by atomic mass is 9.78. The Balaban J connectivity index is 1.91. The highest BCUT2D eigenvalue weighted by Crippen LogP contribution is 2.39. The van der Waals surface area contributed by atoms with E-state index in [-0.39, 0.29) is 5.54 Å². The quantitative estimate of drug-likeness (QED) is 0.904. The Labute approximate surface area is 126 Å². The van der Waals surface area contributed by atoms with Gasteiger partial charge in [0.2, 0.25) is 0 Å². The van der Waals surface area contributed by atoms with Crippen molar-refractivity contribution >= 4 is 17.3 Å². The van der Waals surface area contributed by atoms with E-state index in [0.717, 1.165) is 25.4 Å². The van der Waals surface area contributed by atoms with Gasteiger partial charge in [-0.15, -0.1) is 0 Å². The first-order valence-electron chi connectivity index (χ1n) is 7.57. The van der Waals surface area contributed by atoms with Crippen LogP contribution in [0.5, 0.6) is 5.75 Å². The zero-order valence-corrected chi connectivity index (χ0v) is 12.9. The number of anilines is 1. The molecule has 2 aliphatic rings. The molecule has 0 unspecified atom stereocenters. The van der Waals surface area contributed by atoms with E-state index in [1.165, 1.54) is 37.8 Å². The molecular weight excluding hydrogens is 272 g/mol. The van der Waals surface area contributed by atoms with Crippen molar-refractivity contribution in [1.82, 2.24) is 5.32 Å². The molecule has 20 heavy (non-hydrogen) atoms. The van der Waals surface area contributed by atoms with E-state index in [0.29, 0.717) is 5.02 Å². The SMILES string of the molecule is COc1ccc(N2CCNCC23CCCCC3)cc1Cl. The summed E-state index contributed by atoms with van der Waals surface area (Å²) in [5, 5.41) is 4.29. The Morgan fingerprint density at radius 3 is 2.75 bits per heavy atom. The number of benzene rings is 1. The zero-order chi connectivity index (χ0) is 14.0. The maximum absolute atomic E-state index is 6.31. The summed E-state index contributed by atoms with van der Waals surface area (Å²) in [5.41, 5.74) is 1.52. The molecule has 0 aromatic heterocycles. The van der Waals surface area contributed by atoms with Gasteiger partial charge in [-0.25, -0.2) is 0 Å². The summed E-state index contributed by atoms with van der Waals surface area (Å²) in [4.78, 5) is 2.58. The van der Waals surface area contributed by atoms with Gasteiger partial charge in [-0.3, -0.25) is 0 Å². The van der Waals surface area contributed by atoms with E-state index >= 15 is 0 Å². The fraction of sp³-hybridized carbons (Fsp3) is 0.625. The minimum absolute atomic E-state index is 0.286. The average molecular weight is 295 g/mol. The van der Waals surface area contributed by atoms with Gasteiger partial charge >= 0.3 is 0 Å². The van der Waals surface area contributed by atoms with Gasteiger partial charge in [0.15, 0.2) is 0 Å². The molecule has 1 saturated carbocycles. The number of piperazine rings is 1. The van der Waals surface area contributed by atoms with Crippen LogP contribution >= 0.6 is 11.6 Å². The predicted molar refractivity (Wildman–Crippen MR) is 84.0 cm³/mol. The van der Waals surface area contributed by atoms with Gasteiger partial charge in [0.25, 0.3) is 0 Å². The zero-order valence-electron chi connectivity index (χ0n) is 12.1. The van der Waals surface area contributed by atoms with E-state index in [9.17, 15) is 0 Å². The molecule has 1 saturated heterocycles. The molecule has 0 amide bonds. The van der Waals surface area contributed by atoms with Crippen LogP contribution in [0.2, 0.25) is 5.02 Å². The van der Waals surface area contributed by atoms with Crippen LogP contribution in [0.15, 0.2) is 18.2 Å². The lowest BCUT2D eigenvalue weighted by Crippen LogP contribution is -2.62. The molecule has 2 fully saturated rings. The number of ether oxygens (including phenoxy) is 1. The molecule has 0 atom stereocenters. The van der Waals surface area contributed by atoms with Crippen LogP contribution in [0.4, 0.5) is 5.69 Å². The van der Waals surface area contributed by atoms with Crippen molar-refractivity contribution in [2.24, 2.45) is 0 Å². The summed E-state index contributed by atoms with van der Waals surface area (Å²) < 4.78 is 5.26. The maximum Gasteiger partial charge on any atom is 0.137 e. The minimum atomic E-state index is 0.286. The Morgan fingerprint density at radius 2 is 2.05 bits per heavy atom. The van der Waals surface area contributed by atoms with E-state index in [2.05, 4.69) is 22.3 Å². The number of halogens is 1. The molecule has 1 N–H and O–H groups in total. The van der Waals surface area contributed by atoms with Gasteiger partial charge in [-0.2, -0.15) is 0 Å². The van der Waals surface area contributed by atoms with Crippen molar-refractivity contribution in [2.45, 2.75) is 37.6 Å². The smallest absolute Gasteiger partial charge is 0.137 e. The van der Waals surface area contributed by atoms with Gasteiger partial charge in [-0.1, -0.05) is 30.9 Å². The second-order valence-electron chi connectivity index (χ2n) is 5.93. The van der Waals surface area contributed by atoms with Gasteiger partial charge in [0, 0.05) is 25.3 Å². The molecule has 3 nitrogen and oxygen atoms in total. The molecule has 110 valence electrons. The lowest BCUT2D eigenvalue weighted by Gasteiger charge is -2.51. The fourth-order valence-corrected chi connectivity index (χ4v) is 3.98. The van der Waals surface area contributed by atoms with Gasteiger partial charge < -0.3 is 15.0 Å². The molecular formula is C16H23ClN2O. The van der Waals surface area contributed by atoms with E-state index < -0.39 is 0 Å². The second kappa shape index (κ2) is 5.82. The van der Waals surface area contributed by atoms with Crippen molar-refractivity contribution in [2.75, 3.05) is 31.6 Å². The number of hydrogen-bond donors (Lipinski definition) is 1. The van der Waals surface area contributed by atoms with E-state index in [4.69, 9.17) is 16.3 Å².